The molecule has 1 aromatic rings. The van der Waals surface area contributed by atoms with E-state index in [9.17, 15) is 4.79 Å². The number of nitrogens with one attached hydrogen (secondary N) is 2. The van der Waals surface area contributed by atoms with Gasteiger partial charge in [0.2, 0.25) is 5.91 Å². The first-order valence-corrected chi connectivity index (χ1v) is 6.83. The van der Waals surface area contributed by atoms with Crippen LogP contribution in [0.25, 0.3) is 0 Å². The van der Waals surface area contributed by atoms with E-state index in [0.29, 0.717) is 0 Å². The molecule has 1 saturated heterocycles. The summed E-state index contributed by atoms with van der Waals surface area (Å²) < 4.78 is 2.06. The third-order valence-electron chi connectivity index (χ3n) is 3.33. The molecule has 0 spiro atoms. The summed E-state index contributed by atoms with van der Waals surface area (Å²) in [7, 11) is 0. The van der Waals surface area contributed by atoms with Crippen LogP contribution < -0.4 is 10.6 Å². The number of carbonyl (C=O) groups is 1. The number of imidazole rings is 1. The van der Waals surface area contributed by atoms with Crippen LogP contribution in [-0.2, 0) is 11.3 Å². The second-order valence-electron chi connectivity index (χ2n) is 4.80. The van der Waals surface area contributed by atoms with Gasteiger partial charge in [-0.2, -0.15) is 0 Å². The van der Waals surface area contributed by atoms with E-state index in [4.69, 9.17) is 0 Å². The standard InChI is InChI=1S/C13H22N4O/c18-13(12-5-1-2-6-15-12)16-7-3-4-9-17-10-8-14-11-17/h8,10-12,15H,1-7,9H2,(H,16,18)/t12-/m0/s1. The van der Waals surface area contributed by atoms with Crippen LogP contribution >= 0.6 is 0 Å². The Morgan fingerprint density at radius 1 is 1.44 bits per heavy atom. The first kappa shape index (κ1) is 13.1. The van der Waals surface area contributed by atoms with Crippen molar-refractivity contribution < 1.29 is 4.79 Å². The number of amides is 1. The van der Waals surface area contributed by atoms with Crippen molar-refractivity contribution in [1.82, 2.24) is 20.2 Å². The molecular weight excluding hydrogens is 228 g/mol. The predicted octanol–water partition coefficient (Wildman–Crippen LogP) is 0.922. The molecule has 100 valence electrons. The second-order valence-corrected chi connectivity index (χ2v) is 4.80. The number of aromatic nitrogens is 2. The summed E-state index contributed by atoms with van der Waals surface area (Å²) in [5, 5.41) is 6.26. The van der Waals surface area contributed by atoms with E-state index in [1.54, 1.807) is 6.20 Å². The number of nitrogens with zero attached hydrogens (tertiary/aromatic N) is 2. The van der Waals surface area contributed by atoms with Crippen molar-refractivity contribution in [3.63, 3.8) is 0 Å². The number of hydrogen-bond acceptors (Lipinski definition) is 3. The molecule has 2 heterocycles. The minimum atomic E-state index is 0.0346. The molecule has 1 fully saturated rings. The van der Waals surface area contributed by atoms with Crippen LogP contribution in [0.1, 0.15) is 32.1 Å². The molecule has 1 aromatic heterocycles. The zero-order chi connectivity index (χ0) is 12.6. The molecule has 0 aliphatic carbocycles. The smallest absolute Gasteiger partial charge is 0.237 e. The fraction of sp³-hybridized carbons (Fsp3) is 0.692. The fourth-order valence-corrected chi connectivity index (χ4v) is 2.25. The summed E-state index contributed by atoms with van der Waals surface area (Å²) >= 11 is 0. The van der Waals surface area contributed by atoms with Crippen LogP contribution in [0.2, 0.25) is 0 Å². The van der Waals surface area contributed by atoms with Crippen molar-refractivity contribution in [2.24, 2.45) is 0 Å². The summed E-state index contributed by atoms with van der Waals surface area (Å²) in [5.74, 6) is 0.164. The van der Waals surface area contributed by atoms with E-state index in [1.165, 1.54) is 6.42 Å². The van der Waals surface area contributed by atoms with Crippen molar-refractivity contribution in [3.8, 4) is 0 Å². The number of unbranched alkanes of at least 4 members (excludes halogenated alkanes) is 1. The quantitative estimate of drug-likeness (QED) is 0.738. The Kier molecular flexibility index (Phi) is 5.20. The lowest BCUT2D eigenvalue weighted by Crippen LogP contribution is -2.46. The van der Waals surface area contributed by atoms with E-state index >= 15 is 0 Å². The Bertz CT molecular complexity index is 344. The Morgan fingerprint density at radius 3 is 3.11 bits per heavy atom. The Morgan fingerprint density at radius 2 is 2.39 bits per heavy atom. The molecule has 18 heavy (non-hydrogen) atoms. The van der Waals surface area contributed by atoms with Gasteiger partial charge in [0, 0.05) is 25.5 Å². The lowest BCUT2D eigenvalue weighted by Gasteiger charge is -2.22. The maximum absolute atomic E-state index is 11.8. The van der Waals surface area contributed by atoms with Gasteiger partial charge in [0.05, 0.1) is 12.4 Å². The molecule has 0 saturated carbocycles. The zero-order valence-electron chi connectivity index (χ0n) is 10.8. The number of rotatable bonds is 6. The van der Waals surface area contributed by atoms with Gasteiger partial charge in [-0.05, 0) is 32.2 Å². The lowest BCUT2D eigenvalue weighted by atomic mass is 10.0. The topological polar surface area (TPSA) is 59.0 Å². The lowest BCUT2D eigenvalue weighted by molar-refractivity contribution is -0.123. The highest BCUT2D eigenvalue weighted by atomic mass is 16.2. The Balaban J connectivity index is 1.53. The molecule has 0 aromatic carbocycles. The number of piperidine rings is 1. The molecule has 1 aliphatic heterocycles. The molecule has 1 amide bonds. The van der Waals surface area contributed by atoms with Crippen LogP contribution in [0.15, 0.2) is 18.7 Å². The number of hydrogen-bond donors (Lipinski definition) is 2. The Labute approximate surface area is 108 Å². The minimum Gasteiger partial charge on any atom is -0.355 e. The molecule has 0 unspecified atom stereocenters. The summed E-state index contributed by atoms with van der Waals surface area (Å²) in [6, 6.07) is 0.0346. The first-order chi connectivity index (χ1) is 8.86. The van der Waals surface area contributed by atoms with Gasteiger partial charge in [-0.25, -0.2) is 4.98 Å². The second kappa shape index (κ2) is 7.16. The van der Waals surface area contributed by atoms with Gasteiger partial charge in [-0.3, -0.25) is 4.79 Å². The third kappa shape index (κ3) is 4.14. The summed E-state index contributed by atoms with van der Waals surface area (Å²) in [6.07, 6.45) is 11.0. The van der Waals surface area contributed by atoms with Crippen LogP contribution in [-0.4, -0.2) is 34.6 Å². The van der Waals surface area contributed by atoms with Crippen molar-refractivity contribution in [3.05, 3.63) is 18.7 Å². The van der Waals surface area contributed by atoms with Gasteiger partial charge in [0.1, 0.15) is 0 Å². The average molecular weight is 250 g/mol. The van der Waals surface area contributed by atoms with E-state index in [0.717, 1.165) is 45.3 Å². The normalized spacial score (nSPS) is 19.7. The van der Waals surface area contributed by atoms with Crippen LogP contribution in [0, 0.1) is 0 Å². The molecule has 2 N–H and O–H groups in total. The molecule has 5 nitrogen and oxygen atoms in total. The third-order valence-corrected chi connectivity index (χ3v) is 3.33. The number of aryl methyl sites for hydroxylation is 1. The largest absolute Gasteiger partial charge is 0.355 e. The summed E-state index contributed by atoms with van der Waals surface area (Å²) in [6.45, 7) is 2.71. The van der Waals surface area contributed by atoms with E-state index in [-0.39, 0.29) is 11.9 Å². The van der Waals surface area contributed by atoms with E-state index < -0.39 is 0 Å². The highest BCUT2D eigenvalue weighted by Gasteiger charge is 2.19. The molecule has 0 bridgehead atoms. The van der Waals surface area contributed by atoms with Gasteiger partial charge in [0.25, 0.3) is 0 Å². The minimum absolute atomic E-state index is 0.0346. The monoisotopic (exact) mass is 250 g/mol. The molecule has 0 radical (unpaired) electrons. The van der Waals surface area contributed by atoms with Crippen LogP contribution in [0.5, 0.6) is 0 Å². The van der Waals surface area contributed by atoms with Crippen LogP contribution in [0.4, 0.5) is 0 Å². The predicted molar refractivity (Wildman–Crippen MR) is 70.1 cm³/mol. The molecule has 1 aliphatic rings. The SMILES string of the molecule is O=C(NCCCCn1ccnc1)[C@@H]1CCCCN1. The van der Waals surface area contributed by atoms with Crippen molar-refractivity contribution in [1.29, 1.82) is 0 Å². The van der Waals surface area contributed by atoms with E-state index in [1.807, 2.05) is 12.5 Å². The maximum atomic E-state index is 11.8. The van der Waals surface area contributed by atoms with E-state index in [2.05, 4.69) is 20.2 Å². The Hall–Kier alpha value is -1.36. The zero-order valence-corrected chi connectivity index (χ0v) is 10.8. The highest BCUT2D eigenvalue weighted by molar-refractivity contribution is 5.81. The van der Waals surface area contributed by atoms with Gasteiger partial charge in [-0.1, -0.05) is 6.42 Å². The van der Waals surface area contributed by atoms with Gasteiger partial charge >= 0.3 is 0 Å². The molecular formula is C13H22N4O. The number of carbonyl (C=O) groups excluding carboxylic acids is 1. The van der Waals surface area contributed by atoms with Crippen molar-refractivity contribution >= 4 is 5.91 Å². The van der Waals surface area contributed by atoms with Crippen molar-refractivity contribution in [2.45, 2.75) is 44.7 Å². The van der Waals surface area contributed by atoms with Gasteiger partial charge in [0.15, 0.2) is 0 Å². The highest BCUT2D eigenvalue weighted by Crippen LogP contribution is 2.06. The fourth-order valence-electron chi connectivity index (χ4n) is 2.25. The van der Waals surface area contributed by atoms with Crippen LogP contribution in [0.3, 0.4) is 0 Å². The molecule has 1 atom stereocenters. The first-order valence-electron chi connectivity index (χ1n) is 6.83. The maximum Gasteiger partial charge on any atom is 0.237 e. The average Bonchev–Trinajstić information content (AvgIpc) is 2.92. The molecule has 2 rings (SSSR count). The summed E-state index contributed by atoms with van der Waals surface area (Å²) in [4.78, 5) is 15.8. The molecule has 5 heteroatoms. The summed E-state index contributed by atoms with van der Waals surface area (Å²) in [5.41, 5.74) is 0. The van der Waals surface area contributed by atoms with Gasteiger partial charge in [-0.15, -0.1) is 0 Å². The van der Waals surface area contributed by atoms with Crippen molar-refractivity contribution in [2.75, 3.05) is 13.1 Å². The van der Waals surface area contributed by atoms with Gasteiger partial charge < -0.3 is 15.2 Å².